The lowest BCUT2D eigenvalue weighted by Crippen LogP contribution is -2.34. The molecule has 0 fully saturated rings. The summed E-state index contributed by atoms with van der Waals surface area (Å²) in [7, 11) is -3.68. The standard InChI is InChI=1S/C50H44NO2P3/c1-35(2)51(36(3)4)56-52-49-45(54(39-23-9-5-10-24-39)40-25-11-6-12-26-40)33-37-21-17-19-31-43(37)47(49)48-44-32-20-18-22-38(44)34-46(50(48)53-56)55(41-27-13-7-14-28-41)42-29-15-8-16-30-42/h5-36H,1-4H3. The summed E-state index contributed by atoms with van der Waals surface area (Å²) in [5.74, 6) is 0. The number of fused-ring (bicyclic) bond motifs is 7. The fourth-order valence-electron chi connectivity index (χ4n) is 8.05. The van der Waals surface area contributed by atoms with Crippen molar-refractivity contribution in [3.05, 3.63) is 182 Å². The molecule has 0 aliphatic rings. The zero-order valence-electron chi connectivity index (χ0n) is 32.1. The minimum absolute atomic E-state index is 0.174. The van der Waals surface area contributed by atoms with Crippen LogP contribution in [0.3, 0.4) is 0 Å². The van der Waals surface area contributed by atoms with E-state index in [2.05, 4.69) is 214 Å². The van der Waals surface area contributed by atoms with Crippen molar-refractivity contribution in [2.24, 2.45) is 0 Å². The van der Waals surface area contributed by atoms with Gasteiger partial charge in [0.15, 0.2) is 11.2 Å². The molecule has 0 radical (unpaired) electrons. The molecular weight excluding hydrogens is 739 g/mol. The Morgan fingerprint density at radius 1 is 0.411 bits per heavy atom. The molecule has 6 heteroatoms. The summed E-state index contributed by atoms with van der Waals surface area (Å²) < 4.78 is 17.8. The van der Waals surface area contributed by atoms with E-state index in [1.807, 2.05) is 0 Å². The molecule has 0 bridgehead atoms. The first-order valence-corrected chi connectivity index (χ1v) is 23.2. The van der Waals surface area contributed by atoms with Gasteiger partial charge >= 0.3 is 8.16 Å². The maximum atomic E-state index is 7.67. The average molecular weight is 784 g/mol. The molecule has 3 nitrogen and oxygen atoms in total. The number of hydrogen-bond acceptors (Lipinski definition) is 3. The third kappa shape index (κ3) is 6.78. The van der Waals surface area contributed by atoms with Crippen LogP contribution < -0.4 is 36.5 Å². The lowest BCUT2D eigenvalue weighted by molar-refractivity contribution is 0.571. The predicted octanol–water partition coefficient (Wildman–Crippen LogP) is 11.9. The van der Waals surface area contributed by atoms with Gasteiger partial charge in [-0.1, -0.05) is 170 Å². The second kappa shape index (κ2) is 15.9. The zero-order valence-corrected chi connectivity index (χ0v) is 34.8. The molecule has 9 rings (SSSR count). The topological polar surface area (TPSA) is 29.5 Å². The molecule has 8 aromatic carbocycles. The maximum Gasteiger partial charge on any atom is 0.310 e. The lowest BCUT2D eigenvalue weighted by Gasteiger charge is -2.27. The molecule has 9 aromatic rings. The van der Waals surface area contributed by atoms with Crippen molar-refractivity contribution in [3.8, 4) is 0 Å². The molecule has 0 aliphatic carbocycles. The van der Waals surface area contributed by atoms with E-state index in [4.69, 9.17) is 8.39 Å². The largest absolute Gasteiger partial charge is 0.407 e. The summed E-state index contributed by atoms with van der Waals surface area (Å²) in [6.07, 6.45) is 0. The van der Waals surface area contributed by atoms with Crippen molar-refractivity contribution in [1.29, 1.82) is 0 Å². The van der Waals surface area contributed by atoms with Crippen LogP contribution >= 0.6 is 24.0 Å². The third-order valence-electron chi connectivity index (χ3n) is 10.3. The number of nitrogens with zero attached hydrogens (tertiary/aromatic N) is 1. The Balaban J connectivity index is 1.56. The fraction of sp³-hybridized carbons (Fsp3) is 0.120. The van der Waals surface area contributed by atoms with E-state index < -0.39 is 24.0 Å². The summed E-state index contributed by atoms with van der Waals surface area (Å²) >= 11 is 0. The van der Waals surface area contributed by atoms with Crippen LogP contribution in [0.15, 0.2) is 190 Å². The van der Waals surface area contributed by atoms with Crippen LogP contribution in [0.2, 0.25) is 0 Å². The highest BCUT2D eigenvalue weighted by Gasteiger charge is 2.29. The molecule has 0 unspecified atom stereocenters. The number of rotatable bonds is 9. The molecule has 1 heterocycles. The SMILES string of the molecule is CC(C)N(C(C)C)p1oc2c(P(c3ccccc3)c3ccccc3)cc3ccccc3c2c2c(o1)c(P(c1ccccc1)c1ccccc1)cc1ccccc12. The van der Waals surface area contributed by atoms with Crippen LogP contribution in [-0.4, -0.2) is 12.1 Å². The first kappa shape index (κ1) is 36.6. The van der Waals surface area contributed by atoms with Gasteiger partial charge in [0.1, 0.15) is 0 Å². The van der Waals surface area contributed by atoms with Crippen LogP contribution in [0.25, 0.3) is 43.5 Å². The smallest absolute Gasteiger partial charge is 0.310 e. The Bertz CT molecular complexity index is 2550. The van der Waals surface area contributed by atoms with E-state index in [1.165, 1.54) is 42.6 Å². The van der Waals surface area contributed by atoms with Gasteiger partial charge in [-0.2, -0.15) is 4.67 Å². The maximum absolute atomic E-state index is 7.67. The lowest BCUT2D eigenvalue weighted by atomic mass is 9.98. The number of benzene rings is 8. The molecule has 0 aliphatic heterocycles. The van der Waals surface area contributed by atoms with Crippen molar-refractivity contribution >= 4 is 99.3 Å². The minimum Gasteiger partial charge on any atom is -0.407 e. The Labute approximate surface area is 332 Å². The van der Waals surface area contributed by atoms with Gasteiger partial charge in [-0.25, -0.2) is 0 Å². The summed E-state index contributed by atoms with van der Waals surface area (Å²) in [6.45, 7) is 9.02. The summed E-state index contributed by atoms with van der Waals surface area (Å²) in [6, 6.07) is 66.8. The van der Waals surface area contributed by atoms with Gasteiger partial charge < -0.3 is 8.39 Å². The molecule has 276 valence electrons. The highest BCUT2D eigenvalue weighted by atomic mass is 31.1. The van der Waals surface area contributed by atoms with Gasteiger partial charge in [0.2, 0.25) is 0 Å². The zero-order chi connectivity index (χ0) is 38.2. The van der Waals surface area contributed by atoms with E-state index in [-0.39, 0.29) is 12.1 Å². The van der Waals surface area contributed by atoms with Gasteiger partial charge in [0.25, 0.3) is 0 Å². The van der Waals surface area contributed by atoms with Crippen LogP contribution in [-0.2, 0) is 0 Å². The van der Waals surface area contributed by atoms with Crippen LogP contribution in [0.4, 0.5) is 0 Å². The van der Waals surface area contributed by atoms with Crippen molar-refractivity contribution in [2.45, 2.75) is 39.8 Å². The second-order valence-electron chi connectivity index (χ2n) is 14.6. The number of hydrogen-bond donors (Lipinski definition) is 0. The first-order chi connectivity index (χ1) is 27.5. The van der Waals surface area contributed by atoms with E-state index in [9.17, 15) is 0 Å². The van der Waals surface area contributed by atoms with E-state index >= 15 is 0 Å². The predicted molar refractivity (Wildman–Crippen MR) is 247 cm³/mol. The molecule has 0 saturated carbocycles. The van der Waals surface area contributed by atoms with Crippen molar-refractivity contribution < 1.29 is 8.39 Å². The summed E-state index contributed by atoms with van der Waals surface area (Å²) in [4.78, 5) is 0. The Kier molecular flexibility index (Phi) is 10.4. The Morgan fingerprint density at radius 3 is 1.04 bits per heavy atom. The second-order valence-corrected chi connectivity index (χ2v) is 20.3. The monoisotopic (exact) mass is 783 g/mol. The van der Waals surface area contributed by atoms with Gasteiger partial charge in [-0.3, -0.25) is 0 Å². The van der Waals surface area contributed by atoms with Gasteiger partial charge in [0, 0.05) is 33.5 Å². The van der Waals surface area contributed by atoms with Gasteiger partial charge in [-0.05, 0) is 98.4 Å². The van der Waals surface area contributed by atoms with Crippen molar-refractivity contribution in [1.82, 2.24) is 0 Å². The van der Waals surface area contributed by atoms with Crippen LogP contribution in [0.1, 0.15) is 27.7 Å². The van der Waals surface area contributed by atoms with Crippen molar-refractivity contribution in [2.75, 3.05) is 4.67 Å². The van der Waals surface area contributed by atoms with E-state index in [0.717, 1.165) is 32.7 Å². The van der Waals surface area contributed by atoms with Crippen LogP contribution in [0, 0.1) is 0 Å². The molecule has 0 saturated heterocycles. The normalized spacial score (nSPS) is 12.0. The van der Waals surface area contributed by atoms with E-state index in [1.54, 1.807) is 0 Å². The summed E-state index contributed by atoms with van der Waals surface area (Å²) in [5.41, 5.74) is 1.84. The molecule has 0 spiro atoms. The Morgan fingerprint density at radius 2 is 0.714 bits per heavy atom. The summed E-state index contributed by atoms with van der Waals surface area (Å²) in [5, 5.41) is 14.4. The highest BCUT2D eigenvalue weighted by Crippen LogP contribution is 2.48. The average Bonchev–Trinajstić information content (AvgIpc) is 3.41. The first-order valence-electron chi connectivity index (χ1n) is 19.3. The molecule has 0 N–H and O–H groups in total. The molecule has 1 aromatic heterocycles. The molecule has 0 amide bonds. The molecule has 56 heavy (non-hydrogen) atoms. The van der Waals surface area contributed by atoms with Crippen molar-refractivity contribution in [3.63, 3.8) is 0 Å². The minimum atomic E-state index is -1.63. The van der Waals surface area contributed by atoms with Gasteiger partial charge in [0.05, 0.1) is 0 Å². The quantitative estimate of drug-likeness (QED) is 0.137. The third-order valence-corrected chi connectivity index (χ3v) is 17.2. The molecular formula is C50H44NO2P3. The fourth-order valence-corrected chi connectivity index (χ4v) is 14.7. The molecule has 0 atom stereocenters. The highest BCUT2D eigenvalue weighted by molar-refractivity contribution is 7.80. The van der Waals surface area contributed by atoms with Crippen LogP contribution in [0.5, 0.6) is 0 Å². The Hall–Kier alpha value is -5.00. The van der Waals surface area contributed by atoms with Gasteiger partial charge in [-0.15, -0.1) is 0 Å². The van der Waals surface area contributed by atoms with E-state index in [0.29, 0.717) is 0 Å².